The van der Waals surface area contributed by atoms with Crippen LogP contribution < -0.4 is 4.74 Å². The van der Waals surface area contributed by atoms with Crippen LogP contribution in [0.4, 0.5) is 5.69 Å². The molecule has 0 N–H and O–H groups in total. The Morgan fingerprint density at radius 2 is 2.00 bits per heavy atom. The van der Waals surface area contributed by atoms with Crippen molar-refractivity contribution in [3.8, 4) is 5.75 Å². The molecule has 0 aliphatic heterocycles. The number of ether oxygens (including phenoxy) is 1. The lowest BCUT2D eigenvalue weighted by Gasteiger charge is -2.02. The number of nitro benzene ring substituents is 1. The molecule has 6 heteroatoms. The predicted molar refractivity (Wildman–Crippen MR) is 49.7 cm³/mol. The molecule has 0 spiro atoms. The quantitative estimate of drug-likeness (QED) is 0.570. The van der Waals surface area contributed by atoms with Gasteiger partial charge in [0.25, 0.3) is 5.69 Å². The van der Waals surface area contributed by atoms with Crippen molar-refractivity contribution in [2.75, 3.05) is 7.11 Å². The number of halogens is 2. The second-order valence-corrected chi connectivity index (χ2v) is 3.01. The zero-order chi connectivity index (χ0) is 10.0. The fourth-order valence-corrected chi connectivity index (χ4v) is 1.34. The van der Waals surface area contributed by atoms with E-state index in [4.69, 9.17) is 27.9 Å². The van der Waals surface area contributed by atoms with Gasteiger partial charge in [0.05, 0.1) is 23.1 Å². The molecule has 0 saturated carbocycles. The smallest absolute Gasteiger partial charge is 0.291 e. The van der Waals surface area contributed by atoms with Crippen molar-refractivity contribution in [2.24, 2.45) is 0 Å². The van der Waals surface area contributed by atoms with Gasteiger partial charge in [-0.15, -0.1) is 0 Å². The molecule has 0 aromatic heterocycles. The standard InChI is InChI=1S/C7H5Cl2NO3/c1-13-7-3-6(10(11)12)4(8)2-5(7)9/h2-3H,1H3. The first-order valence-electron chi connectivity index (χ1n) is 3.23. The number of hydrogen-bond acceptors (Lipinski definition) is 3. The third-order valence-electron chi connectivity index (χ3n) is 1.42. The van der Waals surface area contributed by atoms with Crippen LogP contribution in [0, 0.1) is 10.1 Å². The van der Waals surface area contributed by atoms with Gasteiger partial charge in [-0.2, -0.15) is 0 Å². The lowest BCUT2D eigenvalue weighted by atomic mass is 10.3. The average Bonchev–Trinajstić information content (AvgIpc) is 2.03. The minimum absolute atomic E-state index is 0.00389. The molecule has 70 valence electrons. The van der Waals surface area contributed by atoms with Gasteiger partial charge in [0.15, 0.2) is 0 Å². The Balaban J connectivity index is 3.30. The van der Waals surface area contributed by atoms with E-state index < -0.39 is 4.92 Å². The maximum atomic E-state index is 10.4. The van der Waals surface area contributed by atoms with Crippen molar-refractivity contribution in [2.45, 2.75) is 0 Å². The highest BCUT2D eigenvalue weighted by molar-refractivity contribution is 6.36. The van der Waals surface area contributed by atoms with E-state index in [-0.39, 0.29) is 21.5 Å². The van der Waals surface area contributed by atoms with Crippen molar-refractivity contribution in [3.63, 3.8) is 0 Å². The van der Waals surface area contributed by atoms with Gasteiger partial charge in [-0.25, -0.2) is 0 Å². The Hall–Kier alpha value is -1.000. The van der Waals surface area contributed by atoms with E-state index in [0.29, 0.717) is 0 Å². The van der Waals surface area contributed by atoms with Crippen LogP contribution in [0.15, 0.2) is 12.1 Å². The summed E-state index contributed by atoms with van der Waals surface area (Å²) in [5.74, 6) is 0.234. The fourth-order valence-electron chi connectivity index (χ4n) is 0.815. The summed E-state index contributed by atoms with van der Waals surface area (Å²) < 4.78 is 4.80. The van der Waals surface area contributed by atoms with E-state index in [1.54, 1.807) is 0 Å². The molecule has 0 bridgehead atoms. The first-order chi connectivity index (χ1) is 6.06. The molecule has 13 heavy (non-hydrogen) atoms. The van der Waals surface area contributed by atoms with Crippen molar-refractivity contribution < 1.29 is 9.66 Å². The zero-order valence-corrected chi connectivity index (χ0v) is 8.09. The van der Waals surface area contributed by atoms with Gasteiger partial charge >= 0.3 is 0 Å². The van der Waals surface area contributed by atoms with Gasteiger partial charge in [-0.3, -0.25) is 10.1 Å². The minimum atomic E-state index is -0.596. The minimum Gasteiger partial charge on any atom is -0.495 e. The van der Waals surface area contributed by atoms with E-state index in [0.717, 1.165) is 0 Å². The number of benzene rings is 1. The summed E-state index contributed by atoms with van der Waals surface area (Å²) in [5.41, 5.74) is -0.220. The molecule has 0 amide bonds. The van der Waals surface area contributed by atoms with E-state index >= 15 is 0 Å². The Morgan fingerprint density at radius 3 is 2.46 bits per heavy atom. The van der Waals surface area contributed by atoms with Gasteiger partial charge in [-0.05, 0) is 6.07 Å². The summed E-state index contributed by atoms with van der Waals surface area (Å²) in [6.07, 6.45) is 0. The summed E-state index contributed by atoms with van der Waals surface area (Å²) >= 11 is 11.2. The predicted octanol–water partition coefficient (Wildman–Crippen LogP) is 2.91. The molecular weight excluding hydrogens is 217 g/mol. The average molecular weight is 222 g/mol. The summed E-state index contributed by atoms with van der Waals surface area (Å²) in [5, 5.41) is 10.7. The molecule has 1 aromatic rings. The number of rotatable bonds is 2. The molecule has 0 radical (unpaired) electrons. The number of nitrogens with zero attached hydrogens (tertiary/aromatic N) is 1. The lowest BCUT2D eigenvalue weighted by Crippen LogP contribution is -1.91. The van der Waals surface area contributed by atoms with Crippen LogP contribution in [0.2, 0.25) is 10.0 Å². The van der Waals surface area contributed by atoms with Gasteiger partial charge in [0, 0.05) is 0 Å². The molecule has 0 fully saturated rings. The van der Waals surface area contributed by atoms with Crippen LogP contribution in [0.25, 0.3) is 0 Å². The Bertz CT molecular complexity index is 354. The van der Waals surface area contributed by atoms with Gasteiger partial charge in [0.1, 0.15) is 10.8 Å². The van der Waals surface area contributed by atoms with E-state index in [1.165, 1.54) is 19.2 Å². The van der Waals surface area contributed by atoms with E-state index in [9.17, 15) is 10.1 Å². The number of nitro groups is 1. The molecule has 0 saturated heterocycles. The summed E-state index contributed by atoms with van der Waals surface area (Å²) in [6, 6.07) is 2.46. The first kappa shape index (κ1) is 10.1. The topological polar surface area (TPSA) is 52.4 Å². The van der Waals surface area contributed by atoms with Crippen LogP contribution in [0.5, 0.6) is 5.75 Å². The van der Waals surface area contributed by atoms with Crippen LogP contribution >= 0.6 is 23.2 Å². The van der Waals surface area contributed by atoms with Crippen molar-refractivity contribution in [3.05, 3.63) is 32.3 Å². The van der Waals surface area contributed by atoms with Crippen LogP contribution in [-0.4, -0.2) is 12.0 Å². The molecule has 4 nitrogen and oxygen atoms in total. The Morgan fingerprint density at radius 1 is 1.38 bits per heavy atom. The second-order valence-electron chi connectivity index (χ2n) is 2.20. The summed E-state index contributed by atoms with van der Waals surface area (Å²) in [7, 11) is 1.37. The molecule has 0 unspecified atom stereocenters. The van der Waals surface area contributed by atoms with Gasteiger partial charge in [-0.1, -0.05) is 23.2 Å². The maximum absolute atomic E-state index is 10.4. The molecule has 1 rings (SSSR count). The van der Waals surface area contributed by atoms with Crippen LogP contribution in [-0.2, 0) is 0 Å². The highest BCUT2D eigenvalue weighted by Crippen LogP contribution is 2.34. The SMILES string of the molecule is COc1cc([N+](=O)[O-])c(Cl)cc1Cl. The van der Waals surface area contributed by atoms with Crippen molar-refractivity contribution in [1.82, 2.24) is 0 Å². The number of methoxy groups -OCH3 is 1. The van der Waals surface area contributed by atoms with Crippen molar-refractivity contribution in [1.29, 1.82) is 0 Å². The summed E-state index contributed by atoms with van der Waals surface area (Å²) in [6.45, 7) is 0. The lowest BCUT2D eigenvalue weighted by molar-refractivity contribution is -0.384. The van der Waals surface area contributed by atoms with Gasteiger partial charge < -0.3 is 4.74 Å². The molecule has 0 atom stereocenters. The maximum Gasteiger partial charge on any atom is 0.291 e. The van der Waals surface area contributed by atoms with E-state index in [2.05, 4.69) is 0 Å². The normalized spacial score (nSPS) is 9.77. The van der Waals surface area contributed by atoms with Crippen LogP contribution in [0.1, 0.15) is 0 Å². The third-order valence-corrected chi connectivity index (χ3v) is 2.02. The van der Waals surface area contributed by atoms with Crippen LogP contribution in [0.3, 0.4) is 0 Å². The first-order valence-corrected chi connectivity index (χ1v) is 3.99. The monoisotopic (exact) mass is 221 g/mol. The Kier molecular flexibility index (Phi) is 2.95. The Labute approximate surface area is 84.2 Å². The molecule has 0 aliphatic carbocycles. The largest absolute Gasteiger partial charge is 0.495 e. The van der Waals surface area contributed by atoms with E-state index in [1.807, 2.05) is 0 Å². The third kappa shape index (κ3) is 2.02. The fraction of sp³-hybridized carbons (Fsp3) is 0.143. The molecule has 0 heterocycles. The molecular formula is C7H5Cl2NO3. The highest BCUT2D eigenvalue weighted by Gasteiger charge is 2.16. The van der Waals surface area contributed by atoms with Gasteiger partial charge in [0.2, 0.25) is 0 Å². The zero-order valence-electron chi connectivity index (χ0n) is 6.58. The van der Waals surface area contributed by atoms with Crippen molar-refractivity contribution >= 4 is 28.9 Å². The number of hydrogen-bond donors (Lipinski definition) is 0. The molecule has 0 aliphatic rings. The summed E-state index contributed by atoms with van der Waals surface area (Å²) in [4.78, 5) is 9.83. The second kappa shape index (κ2) is 3.81. The molecule has 1 aromatic carbocycles. The highest BCUT2D eigenvalue weighted by atomic mass is 35.5.